The lowest BCUT2D eigenvalue weighted by atomic mass is 10.0. The Morgan fingerprint density at radius 2 is 1.58 bits per heavy atom. The molecule has 7 heteroatoms. The van der Waals surface area contributed by atoms with Crippen molar-refractivity contribution in [3.8, 4) is 0 Å². The van der Waals surface area contributed by atoms with Crippen LogP contribution in [-0.4, -0.2) is 44.5 Å². The molecule has 2 aromatic carbocycles. The Labute approximate surface area is 197 Å². The molecule has 0 spiro atoms. The molecule has 6 nitrogen and oxygen atoms in total. The Balaban J connectivity index is 1.31. The van der Waals surface area contributed by atoms with Crippen molar-refractivity contribution in [3.63, 3.8) is 0 Å². The van der Waals surface area contributed by atoms with E-state index in [1.807, 2.05) is 13.0 Å². The van der Waals surface area contributed by atoms with Crippen LogP contribution in [0.4, 0.5) is 11.5 Å². The molecule has 1 aliphatic heterocycles. The van der Waals surface area contributed by atoms with Crippen molar-refractivity contribution < 1.29 is 8.42 Å². The van der Waals surface area contributed by atoms with Crippen LogP contribution in [0, 0.1) is 6.92 Å². The molecule has 1 saturated heterocycles. The van der Waals surface area contributed by atoms with Crippen LogP contribution < -0.4 is 9.62 Å². The molecule has 0 aliphatic carbocycles. The van der Waals surface area contributed by atoms with Gasteiger partial charge in [-0.15, -0.1) is 0 Å². The van der Waals surface area contributed by atoms with Gasteiger partial charge in [0, 0.05) is 32.7 Å². The maximum atomic E-state index is 12.6. The average molecular weight is 465 g/mol. The van der Waals surface area contributed by atoms with Crippen molar-refractivity contribution in [1.29, 1.82) is 0 Å². The van der Waals surface area contributed by atoms with E-state index in [1.165, 1.54) is 11.1 Å². The highest BCUT2D eigenvalue weighted by molar-refractivity contribution is 7.92. The summed E-state index contributed by atoms with van der Waals surface area (Å²) in [5.74, 6) is 1.42. The number of aryl methyl sites for hydroxylation is 1. The first-order chi connectivity index (χ1) is 15.8. The number of pyridine rings is 1. The van der Waals surface area contributed by atoms with Crippen molar-refractivity contribution in [2.24, 2.45) is 0 Å². The molecule has 1 aromatic heterocycles. The third-order valence-corrected chi connectivity index (χ3v) is 7.48. The second-order valence-electron chi connectivity index (χ2n) is 8.98. The van der Waals surface area contributed by atoms with Gasteiger partial charge < -0.3 is 4.90 Å². The number of hydrogen-bond donors (Lipinski definition) is 1. The zero-order chi connectivity index (χ0) is 23.4. The zero-order valence-corrected chi connectivity index (χ0v) is 20.3. The van der Waals surface area contributed by atoms with Crippen molar-refractivity contribution >= 4 is 21.5 Å². The smallest absolute Gasteiger partial charge is 0.261 e. The minimum absolute atomic E-state index is 0.243. The summed E-state index contributed by atoms with van der Waals surface area (Å²) in [7, 11) is -3.62. The molecule has 2 heterocycles. The third-order valence-electron chi connectivity index (χ3n) is 6.08. The lowest BCUT2D eigenvalue weighted by Crippen LogP contribution is -2.46. The van der Waals surface area contributed by atoms with E-state index >= 15 is 0 Å². The summed E-state index contributed by atoms with van der Waals surface area (Å²) < 4.78 is 27.8. The van der Waals surface area contributed by atoms with Crippen molar-refractivity contribution in [3.05, 3.63) is 83.6 Å². The number of hydrogen-bond acceptors (Lipinski definition) is 5. The van der Waals surface area contributed by atoms with Crippen LogP contribution in [0.5, 0.6) is 0 Å². The fourth-order valence-corrected chi connectivity index (χ4v) is 5.01. The number of rotatable bonds is 7. The van der Waals surface area contributed by atoms with Crippen LogP contribution in [0.1, 0.15) is 36.5 Å². The van der Waals surface area contributed by atoms with E-state index in [9.17, 15) is 8.42 Å². The predicted octanol–water partition coefficient (Wildman–Crippen LogP) is 4.64. The maximum absolute atomic E-state index is 12.6. The van der Waals surface area contributed by atoms with Gasteiger partial charge in [-0.05, 0) is 48.2 Å². The molecule has 0 saturated carbocycles. The van der Waals surface area contributed by atoms with E-state index < -0.39 is 10.0 Å². The summed E-state index contributed by atoms with van der Waals surface area (Å²) >= 11 is 0. The number of nitrogens with one attached hydrogen (secondary N) is 1. The van der Waals surface area contributed by atoms with Gasteiger partial charge in [-0.25, -0.2) is 13.4 Å². The van der Waals surface area contributed by atoms with Gasteiger partial charge in [-0.2, -0.15) is 0 Å². The molecule has 0 radical (unpaired) electrons. The van der Waals surface area contributed by atoms with Gasteiger partial charge >= 0.3 is 0 Å². The summed E-state index contributed by atoms with van der Waals surface area (Å²) in [4.78, 5) is 9.46. The Hall–Kier alpha value is -2.90. The van der Waals surface area contributed by atoms with Gasteiger partial charge in [0.25, 0.3) is 10.0 Å². The first kappa shape index (κ1) is 23.3. The molecule has 4 rings (SSSR count). The monoisotopic (exact) mass is 464 g/mol. The molecule has 174 valence electrons. The fraction of sp³-hybridized carbons (Fsp3) is 0.346. The Kier molecular flexibility index (Phi) is 7.00. The standard InChI is InChI=1S/C26H32N4O2S/c1-20(2)23-8-6-22(7-9-23)19-29-14-16-30(17-15-29)26-13-10-24(18-27-26)28-33(31,32)25-11-4-21(3)5-12-25/h4-13,18,20,28H,14-17,19H2,1-3H3. The minimum atomic E-state index is -3.62. The molecular formula is C26H32N4O2S. The molecule has 0 unspecified atom stereocenters. The van der Waals surface area contributed by atoms with Crippen LogP contribution >= 0.6 is 0 Å². The predicted molar refractivity (Wildman–Crippen MR) is 134 cm³/mol. The fourth-order valence-electron chi connectivity index (χ4n) is 3.97. The largest absolute Gasteiger partial charge is 0.354 e. The van der Waals surface area contributed by atoms with E-state index in [2.05, 4.69) is 57.6 Å². The molecule has 33 heavy (non-hydrogen) atoms. The van der Waals surface area contributed by atoms with Crippen LogP contribution in [0.2, 0.25) is 0 Å². The number of piperazine rings is 1. The van der Waals surface area contributed by atoms with E-state index in [-0.39, 0.29) is 4.90 Å². The Morgan fingerprint density at radius 1 is 0.909 bits per heavy atom. The SMILES string of the molecule is Cc1ccc(S(=O)(=O)Nc2ccc(N3CCN(Cc4ccc(C(C)C)cc4)CC3)nc2)cc1. The summed E-state index contributed by atoms with van der Waals surface area (Å²) in [5.41, 5.74) is 4.20. The summed E-state index contributed by atoms with van der Waals surface area (Å²) in [6.45, 7) is 11.0. The van der Waals surface area contributed by atoms with Crippen molar-refractivity contribution in [1.82, 2.24) is 9.88 Å². The molecule has 1 N–H and O–H groups in total. The molecule has 0 bridgehead atoms. The van der Waals surface area contributed by atoms with E-state index in [4.69, 9.17) is 0 Å². The van der Waals surface area contributed by atoms with Crippen LogP contribution in [0.15, 0.2) is 71.8 Å². The normalized spacial score (nSPS) is 15.1. The molecule has 3 aromatic rings. The first-order valence-corrected chi connectivity index (χ1v) is 12.9. The molecule has 1 aliphatic rings. The van der Waals surface area contributed by atoms with Gasteiger partial charge in [-0.1, -0.05) is 55.8 Å². The van der Waals surface area contributed by atoms with Gasteiger partial charge in [0.15, 0.2) is 0 Å². The highest BCUT2D eigenvalue weighted by Crippen LogP contribution is 2.21. The highest BCUT2D eigenvalue weighted by atomic mass is 32.2. The van der Waals surface area contributed by atoms with E-state index in [0.717, 1.165) is 44.1 Å². The van der Waals surface area contributed by atoms with Gasteiger partial charge in [-0.3, -0.25) is 9.62 Å². The van der Waals surface area contributed by atoms with E-state index in [0.29, 0.717) is 11.6 Å². The van der Waals surface area contributed by atoms with Crippen molar-refractivity contribution in [2.45, 2.75) is 38.1 Å². The topological polar surface area (TPSA) is 65.5 Å². The zero-order valence-electron chi connectivity index (χ0n) is 19.5. The quantitative estimate of drug-likeness (QED) is 0.552. The lowest BCUT2D eigenvalue weighted by Gasteiger charge is -2.35. The number of nitrogens with zero attached hydrogens (tertiary/aromatic N) is 3. The first-order valence-electron chi connectivity index (χ1n) is 11.4. The van der Waals surface area contributed by atoms with Crippen molar-refractivity contribution in [2.75, 3.05) is 35.8 Å². The Bertz CT molecular complexity index is 1150. The van der Waals surface area contributed by atoms with Crippen LogP contribution in [0.25, 0.3) is 0 Å². The number of anilines is 2. The highest BCUT2D eigenvalue weighted by Gasteiger charge is 2.19. The summed E-state index contributed by atoms with van der Waals surface area (Å²) in [6, 6.07) is 19.4. The molecule has 1 fully saturated rings. The maximum Gasteiger partial charge on any atom is 0.261 e. The summed E-state index contributed by atoms with van der Waals surface area (Å²) in [6.07, 6.45) is 1.59. The Morgan fingerprint density at radius 3 is 2.15 bits per heavy atom. The molecule has 0 atom stereocenters. The van der Waals surface area contributed by atoms with Gasteiger partial charge in [0.05, 0.1) is 16.8 Å². The number of aromatic nitrogens is 1. The second kappa shape index (κ2) is 9.93. The average Bonchev–Trinajstić information content (AvgIpc) is 2.80. The number of benzene rings is 2. The van der Waals surface area contributed by atoms with E-state index in [1.54, 1.807) is 36.5 Å². The van der Waals surface area contributed by atoms with Crippen LogP contribution in [0.3, 0.4) is 0 Å². The summed E-state index contributed by atoms with van der Waals surface area (Å²) in [5, 5.41) is 0. The minimum Gasteiger partial charge on any atom is -0.354 e. The second-order valence-corrected chi connectivity index (χ2v) is 10.7. The third kappa shape index (κ3) is 5.92. The van der Waals surface area contributed by atoms with Crippen LogP contribution in [-0.2, 0) is 16.6 Å². The van der Waals surface area contributed by atoms with Gasteiger partial charge in [0.1, 0.15) is 5.82 Å². The molecular weight excluding hydrogens is 432 g/mol. The number of sulfonamides is 1. The molecule has 0 amide bonds. The van der Waals surface area contributed by atoms with Gasteiger partial charge in [0.2, 0.25) is 0 Å². The lowest BCUT2D eigenvalue weighted by molar-refractivity contribution is 0.249.